The zero-order chi connectivity index (χ0) is 22.4. The van der Waals surface area contributed by atoms with E-state index < -0.39 is 0 Å². The standard InChI is InChI=1S/C32H20N2/c33-27-16-15-25-24-7-1-2-9-28(24)34(29-10-4-8-26(27)32(25)29)23-17-21-13-11-19-5-3-6-20-12-14-22(18-23)31(21)30(19)20/h1-18H,33H2. The van der Waals surface area contributed by atoms with Gasteiger partial charge in [0, 0.05) is 27.7 Å². The molecule has 0 aliphatic carbocycles. The Morgan fingerprint density at radius 1 is 0.471 bits per heavy atom. The van der Waals surface area contributed by atoms with Crippen LogP contribution in [0.4, 0.5) is 22.7 Å². The Morgan fingerprint density at radius 3 is 1.91 bits per heavy atom. The molecule has 0 fully saturated rings. The number of anilines is 4. The van der Waals surface area contributed by atoms with E-state index >= 15 is 0 Å². The molecule has 2 heteroatoms. The average molecular weight is 433 g/mol. The third-order valence-corrected chi connectivity index (χ3v) is 7.43. The van der Waals surface area contributed by atoms with Crippen molar-refractivity contribution in [3.63, 3.8) is 0 Å². The maximum absolute atomic E-state index is 6.43. The molecule has 0 unspecified atom stereocenters. The van der Waals surface area contributed by atoms with E-state index in [-0.39, 0.29) is 0 Å². The summed E-state index contributed by atoms with van der Waals surface area (Å²) in [7, 11) is 0. The molecule has 0 bridgehead atoms. The molecule has 7 aromatic carbocycles. The second kappa shape index (κ2) is 6.27. The van der Waals surface area contributed by atoms with E-state index in [0.717, 1.165) is 11.1 Å². The van der Waals surface area contributed by atoms with Crippen molar-refractivity contribution in [2.24, 2.45) is 0 Å². The van der Waals surface area contributed by atoms with E-state index in [9.17, 15) is 0 Å². The fraction of sp³-hybridized carbons (Fsp3) is 0. The number of hydrogen-bond donors (Lipinski definition) is 1. The molecule has 0 amide bonds. The summed E-state index contributed by atoms with van der Waals surface area (Å²) in [5.41, 5.74) is 13.2. The van der Waals surface area contributed by atoms with E-state index in [2.05, 4.69) is 108 Å². The van der Waals surface area contributed by atoms with E-state index in [1.165, 1.54) is 65.9 Å². The first-order valence-corrected chi connectivity index (χ1v) is 11.7. The van der Waals surface area contributed by atoms with Gasteiger partial charge in [-0.1, -0.05) is 78.9 Å². The predicted octanol–water partition coefficient (Wildman–Crippen LogP) is 8.77. The van der Waals surface area contributed by atoms with Crippen LogP contribution in [0.25, 0.3) is 54.2 Å². The highest BCUT2D eigenvalue weighted by atomic mass is 15.2. The molecular weight excluding hydrogens is 412 g/mol. The van der Waals surface area contributed by atoms with Crippen LogP contribution in [0.2, 0.25) is 0 Å². The average Bonchev–Trinajstić information content (AvgIpc) is 2.89. The molecule has 2 N–H and O–H groups in total. The van der Waals surface area contributed by atoms with Crippen LogP contribution in [0.1, 0.15) is 0 Å². The van der Waals surface area contributed by atoms with Crippen molar-refractivity contribution in [3.05, 3.63) is 109 Å². The summed E-state index contributed by atoms with van der Waals surface area (Å²) in [6.45, 7) is 0. The number of fused-ring (bicyclic) bond motifs is 2. The third kappa shape index (κ3) is 2.20. The van der Waals surface area contributed by atoms with Gasteiger partial charge in [0.2, 0.25) is 0 Å². The van der Waals surface area contributed by atoms with Gasteiger partial charge in [-0.3, -0.25) is 0 Å². The van der Waals surface area contributed by atoms with Crippen LogP contribution >= 0.6 is 0 Å². The molecule has 0 spiro atoms. The molecule has 7 aromatic rings. The first-order valence-electron chi connectivity index (χ1n) is 11.7. The van der Waals surface area contributed by atoms with Crippen LogP contribution in [0.3, 0.4) is 0 Å². The molecule has 1 aliphatic heterocycles. The van der Waals surface area contributed by atoms with E-state index in [0.29, 0.717) is 0 Å². The monoisotopic (exact) mass is 432 g/mol. The highest BCUT2D eigenvalue weighted by Crippen LogP contribution is 2.52. The minimum Gasteiger partial charge on any atom is -0.398 e. The number of nitrogens with two attached hydrogens (primary N) is 1. The number of para-hydroxylation sites is 1. The van der Waals surface area contributed by atoms with Crippen molar-refractivity contribution in [2.75, 3.05) is 10.6 Å². The second-order valence-electron chi connectivity index (χ2n) is 9.23. The summed E-state index contributed by atoms with van der Waals surface area (Å²) >= 11 is 0. The van der Waals surface area contributed by atoms with E-state index in [1.807, 2.05) is 6.07 Å². The van der Waals surface area contributed by atoms with Crippen LogP contribution in [0.5, 0.6) is 0 Å². The summed E-state index contributed by atoms with van der Waals surface area (Å²) in [6, 6.07) is 39.6. The van der Waals surface area contributed by atoms with Crippen LogP contribution in [0.15, 0.2) is 109 Å². The third-order valence-electron chi connectivity index (χ3n) is 7.43. The zero-order valence-corrected chi connectivity index (χ0v) is 18.4. The highest BCUT2D eigenvalue weighted by molar-refractivity contribution is 6.24. The summed E-state index contributed by atoms with van der Waals surface area (Å²) < 4.78 is 0. The Balaban J connectivity index is 1.50. The number of nitrogens with zero attached hydrogens (tertiary/aromatic N) is 1. The lowest BCUT2D eigenvalue weighted by atomic mass is 9.89. The maximum atomic E-state index is 6.43. The lowest BCUT2D eigenvalue weighted by Gasteiger charge is -2.34. The molecule has 2 nitrogen and oxygen atoms in total. The molecule has 0 saturated heterocycles. The summed E-state index contributed by atoms with van der Waals surface area (Å²) in [4.78, 5) is 2.40. The smallest absolute Gasteiger partial charge is 0.0547 e. The Kier molecular flexibility index (Phi) is 3.31. The SMILES string of the molecule is Nc1ccc2c3c(cccc13)N(c1cc3ccc4cccc5ccc(c1)c3c45)c1ccccc1-2. The zero-order valence-electron chi connectivity index (χ0n) is 18.4. The van der Waals surface area contributed by atoms with Crippen molar-refractivity contribution < 1.29 is 0 Å². The van der Waals surface area contributed by atoms with Crippen molar-refractivity contribution in [1.82, 2.24) is 0 Å². The Morgan fingerprint density at radius 2 is 1.12 bits per heavy atom. The second-order valence-corrected chi connectivity index (χ2v) is 9.23. The van der Waals surface area contributed by atoms with Gasteiger partial charge in [0.1, 0.15) is 0 Å². The van der Waals surface area contributed by atoms with Crippen molar-refractivity contribution >= 4 is 65.8 Å². The predicted molar refractivity (Wildman–Crippen MR) is 146 cm³/mol. The van der Waals surface area contributed by atoms with Gasteiger partial charge in [-0.2, -0.15) is 0 Å². The first kappa shape index (κ1) is 17.9. The van der Waals surface area contributed by atoms with Crippen LogP contribution < -0.4 is 10.6 Å². The molecule has 34 heavy (non-hydrogen) atoms. The number of benzene rings is 7. The van der Waals surface area contributed by atoms with Crippen LogP contribution in [-0.2, 0) is 0 Å². The molecule has 0 aromatic heterocycles. The van der Waals surface area contributed by atoms with Gasteiger partial charge < -0.3 is 10.6 Å². The lowest BCUT2D eigenvalue weighted by Crippen LogP contribution is -2.15. The normalized spacial score (nSPS) is 12.8. The first-order chi connectivity index (χ1) is 16.8. The van der Waals surface area contributed by atoms with E-state index in [1.54, 1.807) is 0 Å². The molecule has 0 atom stereocenters. The van der Waals surface area contributed by atoms with Gasteiger partial charge >= 0.3 is 0 Å². The fourth-order valence-electron chi connectivity index (χ4n) is 5.99. The van der Waals surface area contributed by atoms with E-state index in [4.69, 9.17) is 5.73 Å². The van der Waals surface area contributed by atoms with Gasteiger partial charge in [0.15, 0.2) is 0 Å². The highest BCUT2D eigenvalue weighted by Gasteiger charge is 2.26. The quantitative estimate of drug-likeness (QED) is 0.207. The Bertz CT molecular complexity index is 1870. The van der Waals surface area contributed by atoms with Crippen molar-refractivity contribution in [3.8, 4) is 11.1 Å². The van der Waals surface area contributed by atoms with Gasteiger partial charge in [0.05, 0.1) is 11.4 Å². The summed E-state index contributed by atoms with van der Waals surface area (Å²) in [5, 5.41) is 10.1. The summed E-state index contributed by atoms with van der Waals surface area (Å²) in [6.07, 6.45) is 0. The molecule has 1 aliphatic rings. The van der Waals surface area contributed by atoms with Gasteiger partial charge in [-0.15, -0.1) is 0 Å². The topological polar surface area (TPSA) is 29.3 Å². The molecule has 0 radical (unpaired) electrons. The van der Waals surface area contributed by atoms with Crippen molar-refractivity contribution in [2.45, 2.75) is 0 Å². The maximum Gasteiger partial charge on any atom is 0.0547 e. The molecule has 0 saturated carbocycles. The Labute approximate surface area is 196 Å². The molecule has 158 valence electrons. The van der Waals surface area contributed by atoms with Crippen LogP contribution in [0, 0.1) is 0 Å². The molecular formula is C32H20N2. The van der Waals surface area contributed by atoms with Gasteiger partial charge in [0.25, 0.3) is 0 Å². The Hall–Kier alpha value is -4.56. The number of nitrogen functional groups attached to an aromatic ring is 1. The largest absolute Gasteiger partial charge is 0.398 e. The lowest BCUT2D eigenvalue weighted by molar-refractivity contribution is 1.29. The molecule has 8 rings (SSSR count). The molecule has 1 heterocycles. The minimum atomic E-state index is 0.815. The van der Waals surface area contributed by atoms with Gasteiger partial charge in [-0.25, -0.2) is 0 Å². The fourth-order valence-corrected chi connectivity index (χ4v) is 5.99. The van der Waals surface area contributed by atoms with Gasteiger partial charge in [-0.05, 0) is 68.2 Å². The minimum absolute atomic E-state index is 0.815. The number of hydrogen-bond acceptors (Lipinski definition) is 2. The number of rotatable bonds is 1. The van der Waals surface area contributed by atoms with Crippen molar-refractivity contribution in [1.29, 1.82) is 0 Å². The van der Waals surface area contributed by atoms with Crippen LogP contribution in [-0.4, -0.2) is 0 Å². The summed E-state index contributed by atoms with van der Waals surface area (Å²) in [5.74, 6) is 0.